The normalized spacial score (nSPS) is 16.3. The van der Waals surface area contributed by atoms with Gasteiger partial charge in [-0.25, -0.2) is 0 Å². The van der Waals surface area contributed by atoms with E-state index < -0.39 is 0 Å². The lowest BCUT2D eigenvalue weighted by Crippen LogP contribution is -2.43. The van der Waals surface area contributed by atoms with Crippen molar-refractivity contribution in [1.82, 2.24) is 20.1 Å². The molecule has 1 aliphatic rings. The highest BCUT2D eigenvalue weighted by Crippen LogP contribution is 2.31. The second-order valence-corrected chi connectivity index (χ2v) is 8.57. The zero-order valence-electron chi connectivity index (χ0n) is 18.9. The summed E-state index contributed by atoms with van der Waals surface area (Å²) in [4.78, 5) is 19.7. The molecular weight excluding hydrogens is 414 g/mol. The fraction of sp³-hybridized carbons (Fsp3) is 0.346. The maximum absolute atomic E-state index is 12.9. The predicted molar refractivity (Wildman–Crippen MR) is 131 cm³/mol. The first-order chi connectivity index (χ1) is 16.2. The molecule has 2 aromatic carbocycles. The van der Waals surface area contributed by atoms with Gasteiger partial charge in [0.25, 0.3) is 0 Å². The van der Waals surface area contributed by atoms with Crippen LogP contribution in [0.15, 0.2) is 60.9 Å². The van der Waals surface area contributed by atoms with Gasteiger partial charge in [0, 0.05) is 48.8 Å². The topological polar surface area (TPSA) is 72.3 Å². The molecule has 0 saturated carbocycles. The smallest absolute Gasteiger partial charge is 0.224 e. The molecule has 0 bridgehead atoms. The molecule has 1 atom stereocenters. The molecule has 3 heterocycles. The molecule has 1 N–H and O–H groups in total. The predicted octanol–water partition coefficient (Wildman–Crippen LogP) is 4.02. The largest absolute Gasteiger partial charge is 0.497 e. The van der Waals surface area contributed by atoms with Crippen molar-refractivity contribution in [3.8, 4) is 5.75 Å². The van der Waals surface area contributed by atoms with E-state index in [-0.39, 0.29) is 11.8 Å². The lowest BCUT2D eigenvalue weighted by Gasteiger charge is -2.34. The van der Waals surface area contributed by atoms with Crippen molar-refractivity contribution in [2.24, 2.45) is 5.92 Å². The number of pyridine rings is 1. The lowest BCUT2D eigenvalue weighted by molar-refractivity contribution is -0.125. The van der Waals surface area contributed by atoms with Crippen LogP contribution >= 0.6 is 0 Å². The standard InChI is InChI=1S/C26H29N5O2/c1-33-21-9-10-23-22(16-21)25(11-13-27-23)30-14-4-7-20(18-30)26(32)28-12-5-15-31-24-8-3-2-6-19(24)17-29-31/h2-3,6,8-11,13,16-17,20H,4-5,7,12,14-15,18H2,1H3,(H,28,32). The number of ether oxygens (including phenoxy) is 1. The number of anilines is 1. The molecule has 4 aromatic rings. The van der Waals surface area contributed by atoms with Crippen LogP contribution < -0.4 is 15.0 Å². The first-order valence-corrected chi connectivity index (χ1v) is 11.6. The highest BCUT2D eigenvalue weighted by atomic mass is 16.5. The SMILES string of the molecule is COc1ccc2nccc(N3CCCC(C(=O)NCCCn4ncc5ccccc54)C3)c2c1. The average molecular weight is 444 g/mol. The van der Waals surface area contributed by atoms with E-state index in [1.165, 1.54) is 0 Å². The van der Waals surface area contributed by atoms with Gasteiger partial charge in [-0.3, -0.25) is 14.5 Å². The highest BCUT2D eigenvalue weighted by molar-refractivity contribution is 5.93. The van der Waals surface area contributed by atoms with Crippen LogP contribution in [0, 0.1) is 5.92 Å². The number of hydrogen-bond donors (Lipinski definition) is 1. The van der Waals surface area contributed by atoms with E-state index in [1.54, 1.807) is 7.11 Å². The number of nitrogens with zero attached hydrogens (tertiary/aromatic N) is 4. The summed E-state index contributed by atoms with van der Waals surface area (Å²) in [7, 11) is 1.67. The fourth-order valence-electron chi connectivity index (χ4n) is 4.71. The zero-order valence-corrected chi connectivity index (χ0v) is 18.9. The van der Waals surface area contributed by atoms with Gasteiger partial charge in [0.2, 0.25) is 5.91 Å². The molecule has 1 amide bonds. The van der Waals surface area contributed by atoms with Crippen molar-refractivity contribution in [1.29, 1.82) is 0 Å². The Hall–Kier alpha value is -3.61. The van der Waals surface area contributed by atoms with Crippen LogP contribution in [-0.2, 0) is 11.3 Å². The Morgan fingerprint density at radius 1 is 1.21 bits per heavy atom. The molecule has 5 rings (SSSR count). The summed E-state index contributed by atoms with van der Waals surface area (Å²) in [5.41, 5.74) is 3.18. The molecule has 0 radical (unpaired) electrons. The van der Waals surface area contributed by atoms with E-state index in [1.807, 2.05) is 53.5 Å². The van der Waals surface area contributed by atoms with Crippen LogP contribution in [0.4, 0.5) is 5.69 Å². The number of methoxy groups -OCH3 is 1. The molecule has 33 heavy (non-hydrogen) atoms. The second kappa shape index (κ2) is 9.48. The van der Waals surface area contributed by atoms with Gasteiger partial charge in [-0.2, -0.15) is 5.10 Å². The van der Waals surface area contributed by atoms with E-state index in [9.17, 15) is 4.79 Å². The molecule has 7 heteroatoms. The van der Waals surface area contributed by atoms with Gasteiger partial charge < -0.3 is 15.0 Å². The van der Waals surface area contributed by atoms with E-state index in [2.05, 4.69) is 32.4 Å². The number of fused-ring (bicyclic) bond motifs is 2. The Kier molecular flexibility index (Phi) is 6.11. The third kappa shape index (κ3) is 4.49. The number of carbonyl (C=O) groups excluding carboxylic acids is 1. The lowest BCUT2D eigenvalue weighted by atomic mass is 9.96. The number of para-hydroxylation sites is 1. The fourth-order valence-corrected chi connectivity index (χ4v) is 4.71. The molecule has 1 fully saturated rings. The Bertz CT molecular complexity index is 1270. The third-order valence-electron chi connectivity index (χ3n) is 6.46. The van der Waals surface area contributed by atoms with Crippen LogP contribution in [0.1, 0.15) is 19.3 Å². The quantitative estimate of drug-likeness (QED) is 0.437. The van der Waals surface area contributed by atoms with Gasteiger partial charge in [0.1, 0.15) is 5.75 Å². The molecule has 0 spiro atoms. The summed E-state index contributed by atoms with van der Waals surface area (Å²) < 4.78 is 7.42. The van der Waals surface area contributed by atoms with Gasteiger partial charge in [0.05, 0.1) is 30.3 Å². The summed E-state index contributed by atoms with van der Waals surface area (Å²) >= 11 is 0. The molecule has 2 aromatic heterocycles. The number of piperidine rings is 1. The molecular formula is C26H29N5O2. The number of aromatic nitrogens is 3. The van der Waals surface area contributed by atoms with Crippen molar-refractivity contribution in [2.75, 3.05) is 31.6 Å². The summed E-state index contributed by atoms with van der Waals surface area (Å²) in [5.74, 6) is 0.937. The number of amides is 1. The van der Waals surface area contributed by atoms with E-state index in [0.29, 0.717) is 13.1 Å². The van der Waals surface area contributed by atoms with Crippen LogP contribution in [0.25, 0.3) is 21.8 Å². The van der Waals surface area contributed by atoms with Crippen LogP contribution in [0.5, 0.6) is 5.75 Å². The van der Waals surface area contributed by atoms with Gasteiger partial charge in [-0.05, 0) is 49.6 Å². The molecule has 7 nitrogen and oxygen atoms in total. The Balaban J connectivity index is 1.19. The second-order valence-electron chi connectivity index (χ2n) is 8.57. The Labute approximate surface area is 193 Å². The van der Waals surface area contributed by atoms with Crippen molar-refractivity contribution in [3.05, 3.63) is 60.9 Å². The minimum atomic E-state index is -0.0156. The minimum absolute atomic E-state index is 0.0156. The van der Waals surface area contributed by atoms with Gasteiger partial charge in [-0.15, -0.1) is 0 Å². The molecule has 170 valence electrons. The number of rotatable bonds is 7. The van der Waals surface area contributed by atoms with Crippen molar-refractivity contribution in [2.45, 2.75) is 25.8 Å². The average Bonchev–Trinajstić information content (AvgIpc) is 3.29. The van der Waals surface area contributed by atoms with Crippen molar-refractivity contribution in [3.63, 3.8) is 0 Å². The maximum atomic E-state index is 12.9. The molecule has 0 aliphatic carbocycles. The molecule has 1 aliphatic heterocycles. The summed E-state index contributed by atoms with van der Waals surface area (Å²) in [6.07, 6.45) is 6.49. The maximum Gasteiger partial charge on any atom is 0.224 e. The van der Waals surface area contributed by atoms with E-state index in [0.717, 1.165) is 65.6 Å². The third-order valence-corrected chi connectivity index (χ3v) is 6.46. The van der Waals surface area contributed by atoms with Gasteiger partial charge in [0.15, 0.2) is 0 Å². The van der Waals surface area contributed by atoms with Crippen molar-refractivity contribution < 1.29 is 9.53 Å². The molecule has 1 unspecified atom stereocenters. The number of carbonyl (C=O) groups is 1. The molecule has 1 saturated heterocycles. The summed E-state index contributed by atoms with van der Waals surface area (Å²) in [5, 5.41) is 9.82. The first-order valence-electron chi connectivity index (χ1n) is 11.6. The van der Waals surface area contributed by atoms with Crippen molar-refractivity contribution >= 4 is 33.4 Å². The Morgan fingerprint density at radius 3 is 3.03 bits per heavy atom. The zero-order chi connectivity index (χ0) is 22.6. The van der Waals surface area contributed by atoms with E-state index in [4.69, 9.17) is 4.74 Å². The first kappa shape index (κ1) is 21.2. The van der Waals surface area contributed by atoms with Crippen LogP contribution in [0.2, 0.25) is 0 Å². The number of hydrogen-bond acceptors (Lipinski definition) is 5. The summed E-state index contributed by atoms with van der Waals surface area (Å²) in [6.45, 7) is 3.09. The minimum Gasteiger partial charge on any atom is -0.497 e. The number of nitrogens with one attached hydrogen (secondary N) is 1. The van der Waals surface area contributed by atoms with Gasteiger partial charge in [-0.1, -0.05) is 18.2 Å². The summed E-state index contributed by atoms with van der Waals surface area (Å²) in [6, 6.07) is 16.2. The monoisotopic (exact) mass is 443 g/mol. The van der Waals surface area contributed by atoms with E-state index >= 15 is 0 Å². The highest BCUT2D eigenvalue weighted by Gasteiger charge is 2.26. The van der Waals surface area contributed by atoms with Crippen LogP contribution in [0.3, 0.4) is 0 Å². The number of benzene rings is 2. The van der Waals surface area contributed by atoms with Gasteiger partial charge >= 0.3 is 0 Å². The van der Waals surface area contributed by atoms with Crippen LogP contribution in [-0.4, -0.2) is 47.4 Å². The Morgan fingerprint density at radius 2 is 2.12 bits per heavy atom. The number of aryl methyl sites for hydroxylation is 1.